The van der Waals surface area contributed by atoms with Crippen molar-refractivity contribution in [3.8, 4) is 11.4 Å². The number of allylic oxidation sites excluding steroid dienone is 1. The third-order valence-corrected chi connectivity index (χ3v) is 9.16. The molecule has 12 heteroatoms. The van der Waals surface area contributed by atoms with Gasteiger partial charge in [-0.3, -0.25) is 9.97 Å². The van der Waals surface area contributed by atoms with Crippen LogP contribution < -0.4 is 15.7 Å². The Hall–Kier alpha value is -3.42. The zero-order valence-corrected chi connectivity index (χ0v) is 30.8. The monoisotopic (exact) mass is 841 g/mol. The van der Waals surface area contributed by atoms with E-state index in [-0.39, 0.29) is 47.4 Å². The molecule has 0 amide bonds. The first-order valence-electron chi connectivity index (χ1n) is 14.2. The number of nitrogens with zero attached hydrogens (tertiary/aromatic N) is 6. The summed E-state index contributed by atoms with van der Waals surface area (Å²) in [6.45, 7) is 11.2. The maximum atomic E-state index is 12.2. The summed E-state index contributed by atoms with van der Waals surface area (Å²) in [5.41, 5.74) is 1.43. The second-order valence-electron chi connectivity index (χ2n) is 10.3. The normalized spacial score (nSPS) is 13.3. The summed E-state index contributed by atoms with van der Waals surface area (Å²) in [5.74, 6) is 0. The zero-order chi connectivity index (χ0) is 32.7. The number of azo groups is 1. The molecule has 3 aromatic heterocycles. The summed E-state index contributed by atoms with van der Waals surface area (Å²) in [4.78, 5) is 8.07. The van der Waals surface area contributed by atoms with E-state index in [2.05, 4.69) is 118 Å². The van der Waals surface area contributed by atoms with E-state index in [9.17, 15) is 13.2 Å². The van der Waals surface area contributed by atoms with E-state index >= 15 is 0 Å². The molecule has 1 unspecified atom stereocenters. The second-order valence-corrected chi connectivity index (χ2v) is 15.4. The summed E-state index contributed by atoms with van der Waals surface area (Å²) in [6.07, 6.45) is 0.798. The van der Waals surface area contributed by atoms with Crippen LogP contribution in [0.5, 0.6) is 0 Å². The molecule has 0 saturated carbocycles. The first kappa shape index (κ1) is 38.8. The van der Waals surface area contributed by atoms with Gasteiger partial charge in [0.05, 0.1) is 48.7 Å². The summed E-state index contributed by atoms with van der Waals surface area (Å²) in [5, 5.41) is 17.5. The van der Waals surface area contributed by atoms with E-state index in [1.54, 1.807) is 24.4 Å². The van der Waals surface area contributed by atoms with Gasteiger partial charge in [0.25, 0.3) is 0 Å². The molecule has 6 nitrogen and oxygen atoms in total. The molecule has 1 radical (unpaired) electrons. The average molecular weight is 840 g/mol. The van der Waals surface area contributed by atoms with E-state index in [0.29, 0.717) is 5.69 Å². The molecular formula is C34H38F3N6OsP2+2. The van der Waals surface area contributed by atoms with Crippen molar-refractivity contribution in [3.63, 3.8) is 0 Å². The molecule has 1 aliphatic rings. The second kappa shape index (κ2) is 20.0. The van der Waals surface area contributed by atoms with Crippen LogP contribution in [0.15, 0.2) is 138 Å². The Labute approximate surface area is 284 Å². The molecule has 5 aromatic rings. The number of hydrogen-bond donors (Lipinski definition) is 0. The molecule has 241 valence electrons. The molecule has 0 N–H and O–H groups in total. The third kappa shape index (κ3) is 13.5. The number of hydrogen-bond acceptors (Lipinski definition) is 5. The number of benzene rings is 2. The first-order valence-corrected chi connectivity index (χ1v) is 19.2. The van der Waals surface area contributed by atoms with Crippen molar-refractivity contribution in [2.24, 2.45) is 10.2 Å². The average Bonchev–Trinajstić information content (AvgIpc) is 3.74. The molecule has 0 bridgehead atoms. The SMILES string of the molecule is CC1=CC(c2ccccn2)N=N1.C[PH+](C)c1ccccc1.C[PH+](C)c1ccccc1.FC(F)(F)c1cc(-c2ccccn2)[n-]n1.[Os+]. The minimum Gasteiger partial charge on any atom is -0.573 e. The smallest absolute Gasteiger partial charge is 0.573 e. The number of pyridine rings is 2. The van der Waals surface area contributed by atoms with Crippen molar-refractivity contribution >= 4 is 26.5 Å². The number of rotatable bonds is 4. The van der Waals surface area contributed by atoms with Crippen LogP contribution in [0, 0.1) is 0 Å². The van der Waals surface area contributed by atoms with Crippen LogP contribution in [-0.2, 0) is 26.0 Å². The van der Waals surface area contributed by atoms with Crippen LogP contribution in [0.1, 0.15) is 24.4 Å². The molecule has 46 heavy (non-hydrogen) atoms. The van der Waals surface area contributed by atoms with Gasteiger partial charge in [-0.2, -0.15) is 23.4 Å². The Balaban J connectivity index is 0.000000217. The molecule has 0 spiro atoms. The van der Waals surface area contributed by atoms with Crippen molar-refractivity contribution in [1.29, 1.82) is 0 Å². The molecule has 1 atom stereocenters. The van der Waals surface area contributed by atoms with Crippen molar-refractivity contribution in [3.05, 3.63) is 139 Å². The number of halogens is 3. The van der Waals surface area contributed by atoms with E-state index in [1.165, 1.54) is 16.8 Å². The Bertz CT molecular complexity index is 1560. The fourth-order valence-corrected chi connectivity index (χ4v) is 5.48. The quantitative estimate of drug-likeness (QED) is 0.171. The summed E-state index contributed by atoms with van der Waals surface area (Å²) in [7, 11) is -0.424. The molecule has 2 aromatic carbocycles. The van der Waals surface area contributed by atoms with Gasteiger partial charge in [0.2, 0.25) is 0 Å². The van der Waals surface area contributed by atoms with Gasteiger partial charge in [-0.15, -0.1) is 0 Å². The van der Waals surface area contributed by atoms with Gasteiger partial charge in [-0.25, -0.2) is 0 Å². The van der Waals surface area contributed by atoms with E-state index in [4.69, 9.17) is 0 Å². The molecule has 1 aliphatic heterocycles. The van der Waals surface area contributed by atoms with Crippen LogP contribution in [0.2, 0.25) is 0 Å². The van der Waals surface area contributed by atoms with Gasteiger partial charge in [0.1, 0.15) is 11.7 Å². The van der Waals surface area contributed by atoms with Crippen LogP contribution >= 0.6 is 15.8 Å². The Kier molecular flexibility index (Phi) is 16.8. The van der Waals surface area contributed by atoms with Gasteiger partial charge < -0.3 is 10.2 Å². The third-order valence-electron chi connectivity index (χ3n) is 6.19. The predicted molar refractivity (Wildman–Crippen MR) is 184 cm³/mol. The van der Waals surface area contributed by atoms with Crippen molar-refractivity contribution in [2.75, 3.05) is 26.7 Å². The number of aromatic nitrogens is 4. The van der Waals surface area contributed by atoms with Gasteiger partial charge in [-0.1, -0.05) is 54.2 Å². The standard InChI is InChI=1S/C9H5F3N3.C9H9N3.2C8H11P.Os/c10-9(11,12)8-5-7(14-15-8)6-3-1-2-4-13-6;1-7-6-9(12-11-7)8-4-2-3-5-10-8;2*1-9(2)8-6-4-3-5-7-8;/h1-5H;2-6,9H,1H3;2*3-7H,1-2H3;/q-1;;;;+1/p+2. The summed E-state index contributed by atoms with van der Waals surface area (Å²) in [6, 6.07) is 33.0. The molecule has 0 saturated heterocycles. The van der Waals surface area contributed by atoms with E-state index in [0.717, 1.165) is 17.5 Å². The maximum absolute atomic E-state index is 12.2. The van der Waals surface area contributed by atoms with E-state index in [1.807, 2.05) is 31.2 Å². The first-order chi connectivity index (χ1) is 21.5. The van der Waals surface area contributed by atoms with Crippen molar-refractivity contribution in [2.45, 2.75) is 19.1 Å². The molecule has 0 aliphatic carbocycles. The fourth-order valence-electron chi connectivity index (χ4n) is 3.76. The fraction of sp³-hybridized carbons (Fsp3) is 0.206. The number of alkyl halides is 3. The minimum absolute atomic E-state index is 0. The zero-order valence-electron chi connectivity index (χ0n) is 26.3. The van der Waals surface area contributed by atoms with Gasteiger partial charge in [0.15, 0.2) is 0 Å². The van der Waals surface area contributed by atoms with Crippen LogP contribution in [0.4, 0.5) is 13.2 Å². The van der Waals surface area contributed by atoms with Gasteiger partial charge in [0, 0.05) is 33.9 Å². The maximum Gasteiger partial charge on any atom is 1.00 e. The Morgan fingerprint density at radius 2 is 1.22 bits per heavy atom. The topological polar surface area (TPSA) is 77.5 Å². The summed E-state index contributed by atoms with van der Waals surface area (Å²) >= 11 is 0. The molecule has 6 rings (SSSR count). The minimum atomic E-state index is -4.46. The van der Waals surface area contributed by atoms with Crippen LogP contribution in [0.25, 0.3) is 11.4 Å². The molecule has 4 heterocycles. The Morgan fingerprint density at radius 1 is 0.696 bits per heavy atom. The summed E-state index contributed by atoms with van der Waals surface area (Å²) < 4.78 is 36.6. The molecule has 0 fully saturated rings. The molecular weight excluding hydrogens is 802 g/mol. The largest absolute Gasteiger partial charge is 1.00 e. The van der Waals surface area contributed by atoms with Crippen molar-refractivity contribution in [1.82, 2.24) is 20.2 Å². The Morgan fingerprint density at radius 3 is 1.59 bits per heavy atom. The van der Waals surface area contributed by atoms with Gasteiger partial charge in [-0.05, 0) is 67.6 Å². The van der Waals surface area contributed by atoms with Crippen LogP contribution in [0.3, 0.4) is 0 Å². The van der Waals surface area contributed by atoms with E-state index < -0.39 is 11.9 Å². The predicted octanol–water partition coefficient (Wildman–Crippen LogP) is 8.18. The van der Waals surface area contributed by atoms with Crippen LogP contribution in [-0.4, -0.2) is 41.7 Å². The van der Waals surface area contributed by atoms with Gasteiger partial charge >= 0.3 is 26.0 Å². The van der Waals surface area contributed by atoms with Crippen molar-refractivity contribution < 1.29 is 33.0 Å².